The standard InChI is InChI=1S/C11H20F3N3/c1-9-6-15-7-10(9)17-4-2-16(3-5-17)8-11(12,13)14/h9-10,15H,2-8H2,1H3. The molecule has 2 aliphatic rings. The van der Waals surface area contributed by atoms with Gasteiger partial charge in [0.1, 0.15) is 0 Å². The van der Waals surface area contributed by atoms with Gasteiger partial charge in [-0.1, -0.05) is 6.92 Å². The Kier molecular flexibility index (Phi) is 3.95. The van der Waals surface area contributed by atoms with Crippen LogP contribution in [0.4, 0.5) is 13.2 Å². The van der Waals surface area contributed by atoms with E-state index >= 15 is 0 Å². The van der Waals surface area contributed by atoms with Gasteiger partial charge in [-0.2, -0.15) is 13.2 Å². The van der Waals surface area contributed by atoms with Gasteiger partial charge in [0, 0.05) is 38.8 Å². The monoisotopic (exact) mass is 251 g/mol. The van der Waals surface area contributed by atoms with Crippen LogP contribution in [0.5, 0.6) is 0 Å². The molecule has 2 rings (SSSR count). The van der Waals surface area contributed by atoms with Crippen molar-refractivity contribution in [3.05, 3.63) is 0 Å². The zero-order chi connectivity index (χ0) is 12.5. The van der Waals surface area contributed by atoms with Crippen molar-refractivity contribution in [3.8, 4) is 0 Å². The minimum Gasteiger partial charge on any atom is -0.315 e. The van der Waals surface area contributed by atoms with E-state index in [-0.39, 0.29) is 0 Å². The third-order valence-electron chi connectivity index (χ3n) is 3.76. The van der Waals surface area contributed by atoms with Crippen molar-refractivity contribution >= 4 is 0 Å². The van der Waals surface area contributed by atoms with Gasteiger partial charge in [-0.25, -0.2) is 0 Å². The van der Waals surface area contributed by atoms with Crippen molar-refractivity contribution in [2.45, 2.75) is 19.1 Å². The lowest BCUT2D eigenvalue weighted by molar-refractivity contribution is -0.149. The van der Waals surface area contributed by atoms with Crippen molar-refractivity contribution in [2.75, 3.05) is 45.8 Å². The molecule has 6 heteroatoms. The summed E-state index contributed by atoms with van der Waals surface area (Å²) < 4.78 is 36.7. The lowest BCUT2D eigenvalue weighted by Crippen LogP contribution is -2.53. The first kappa shape index (κ1) is 13.1. The maximum absolute atomic E-state index is 12.2. The van der Waals surface area contributed by atoms with Crippen molar-refractivity contribution in [3.63, 3.8) is 0 Å². The molecule has 1 N–H and O–H groups in total. The number of rotatable bonds is 2. The molecule has 100 valence electrons. The molecule has 3 nitrogen and oxygen atoms in total. The number of hydrogen-bond acceptors (Lipinski definition) is 3. The fraction of sp³-hybridized carbons (Fsp3) is 1.00. The Morgan fingerprint density at radius 1 is 1.12 bits per heavy atom. The van der Waals surface area contributed by atoms with Gasteiger partial charge in [-0.05, 0) is 12.5 Å². The Balaban J connectivity index is 1.78. The smallest absolute Gasteiger partial charge is 0.315 e. The Labute approximate surface area is 99.9 Å². The lowest BCUT2D eigenvalue weighted by Gasteiger charge is -2.39. The first-order valence-electron chi connectivity index (χ1n) is 6.19. The van der Waals surface area contributed by atoms with E-state index in [1.165, 1.54) is 4.90 Å². The molecule has 2 saturated heterocycles. The molecule has 2 heterocycles. The fourth-order valence-corrected chi connectivity index (χ4v) is 2.79. The zero-order valence-electron chi connectivity index (χ0n) is 10.1. The number of piperazine rings is 1. The maximum Gasteiger partial charge on any atom is 0.401 e. The van der Waals surface area contributed by atoms with Gasteiger partial charge < -0.3 is 5.32 Å². The highest BCUT2D eigenvalue weighted by atomic mass is 19.4. The van der Waals surface area contributed by atoms with Crippen LogP contribution in [0.1, 0.15) is 6.92 Å². The van der Waals surface area contributed by atoms with E-state index in [9.17, 15) is 13.2 Å². The highest BCUT2D eigenvalue weighted by Gasteiger charge is 2.35. The van der Waals surface area contributed by atoms with Crippen LogP contribution in [-0.2, 0) is 0 Å². The highest BCUT2D eigenvalue weighted by molar-refractivity contribution is 4.88. The Bertz CT molecular complexity index is 249. The van der Waals surface area contributed by atoms with Crippen molar-refractivity contribution < 1.29 is 13.2 Å². The average molecular weight is 251 g/mol. The number of alkyl halides is 3. The summed E-state index contributed by atoms with van der Waals surface area (Å²) in [4.78, 5) is 3.83. The van der Waals surface area contributed by atoms with Crippen LogP contribution in [0.2, 0.25) is 0 Å². The van der Waals surface area contributed by atoms with Gasteiger partial charge in [0.2, 0.25) is 0 Å². The van der Waals surface area contributed by atoms with Gasteiger partial charge in [-0.15, -0.1) is 0 Å². The summed E-state index contributed by atoms with van der Waals surface area (Å²) in [6.45, 7) is 6.00. The van der Waals surface area contributed by atoms with E-state index < -0.39 is 12.7 Å². The molecular weight excluding hydrogens is 231 g/mol. The van der Waals surface area contributed by atoms with E-state index in [1.807, 2.05) is 0 Å². The quantitative estimate of drug-likeness (QED) is 0.782. The summed E-state index contributed by atoms with van der Waals surface area (Å²) in [7, 11) is 0. The molecule has 0 aromatic heterocycles. The van der Waals surface area contributed by atoms with E-state index in [0.29, 0.717) is 25.0 Å². The molecule has 2 aliphatic heterocycles. The molecule has 17 heavy (non-hydrogen) atoms. The van der Waals surface area contributed by atoms with Crippen LogP contribution in [0.15, 0.2) is 0 Å². The van der Waals surface area contributed by atoms with Crippen molar-refractivity contribution in [2.24, 2.45) is 5.92 Å². The molecule has 0 bridgehead atoms. The van der Waals surface area contributed by atoms with Gasteiger partial charge in [-0.3, -0.25) is 9.80 Å². The second-order valence-corrected chi connectivity index (χ2v) is 5.13. The summed E-state index contributed by atoms with van der Waals surface area (Å²) >= 11 is 0. The number of halogens is 3. The van der Waals surface area contributed by atoms with Gasteiger partial charge in [0.15, 0.2) is 0 Å². The van der Waals surface area contributed by atoms with Crippen LogP contribution in [0, 0.1) is 5.92 Å². The van der Waals surface area contributed by atoms with Gasteiger partial charge in [0.05, 0.1) is 6.54 Å². The lowest BCUT2D eigenvalue weighted by atomic mass is 10.0. The summed E-state index contributed by atoms with van der Waals surface area (Å²) in [6, 6.07) is 0.503. The Morgan fingerprint density at radius 3 is 2.24 bits per heavy atom. The molecule has 2 atom stereocenters. The molecule has 0 amide bonds. The molecule has 2 fully saturated rings. The largest absolute Gasteiger partial charge is 0.401 e. The molecule has 0 aromatic rings. The predicted molar refractivity (Wildman–Crippen MR) is 59.9 cm³/mol. The molecule has 0 aliphatic carbocycles. The third kappa shape index (κ3) is 3.56. The Morgan fingerprint density at radius 2 is 1.76 bits per heavy atom. The minimum atomic E-state index is -4.07. The third-order valence-corrected chi connectivity index (χ3v) is 3.76. The summed E-state index contributed by atoms with van der Waals surface area (Å²) in [5.41, 5.74) is 0. The molecule has 0 spiro atoms. The number of nitrogens with zero attached hydrogens (tertiary/aromatic N) is 2. The fourth-order valence-electron chi connectivity index (χ4n) is 2.79. The Hall–Kier alpha value is -0.330. The van der Waals surface area contributed by atoms with Crippen LogP contribution < -0.4 is 5.32 Å². The molecule has 0 radical (unpaired) electrons. The average Bonchev–Trinajstić information content (AvgIpc) is 2.63. The van der Waals surface area contributed by atoms with E-state index in [0.717, 1.165) is 26.2 Å². The normalized spacial score (nSPS) is 33.2. The summed E-state index contributed by atoms with van der Waals surface area (Å²) in [5, 5.41) is 3.33. The van der Waals surface area contributed by atoms with Crippen molar-refractivity contribution in [1.29, 1.82) is 0 Å². The number of hydrogen-bond donors (Lipinski definition) is 1. The van der Waals surface area contributed by atoms with E-state index in [2.05, 4.69) is 17.1 Å². The summed E-state index contributed by atoms with van der Waals surface area (Å²) in [5.74, 6) is 0.601. The zero-order valence-corrected chi connectivity index (χ0v) is 10.1. The van der Waals surface area contributed by atoms with Crippen LogP contribution >= 0.6 is 0 Å². The number of nitrogens with one attached hydrogen (secondary N) is 1. The second-order valence-electron chi connectivity index (χ2n) is 5.13. The minimum absolute atomic E-state index is 0.503. The van der Waals surface area contributed by atoms with Crippen LogP contribution in [0.25, 0.3) is 0 Å². The first-order chi connectivity index (χ1) is 7.96. The molecule has 0 aromatic carbocycles. The first-order valence-corrected chi connectivity index (χ1v) is 6.19. The maximum atomic E-state index is 12.2. The van der Waals surface area contributed by atoms with Crippen LogP contribution in [0.3, 0.4) is 0 Å². The summed E-state index contributed by atoms with van der Waals surface area (Å²) in [6.07, 6.45) is -4.07. The second kappa shape index (κ2) is 5.12. The van der Waals surface area contributed by atoms with Crippen molar-refractivity contribution in [1.82, 2.24) is 15.1 Å². The van der Waals surface area contributed by atoms with E-state index in [1.54, 1.807) is 0 Å². The SMILES string of the molecule is CC1CNCC1N1CCN(CC(F)(F)F)CC1. The molecule has 0 saturated carbocycles. The molecule has 2 unspecified atom stereocenters. The van der Waals surface area contributed by atoms with E-state index in [4.69, 9.17) is 0 Å². The van der Waals surface area contributed by atoms with Crippen LogP contribution in [-0.4, -0.2) is 67.8 Å². The highest BCUT2D eigenvalue weighted by Crippen LogP contribution is 2.20. The van der Waals surface area contributed by atoms with Gasteiger partial charge in [0.25, 0.3) is 0 Å². The molecular formula is C11H20F3N3. The topological polar surface area (TPSA) is 18.5 Å². The predicted octanol–water partition coefficient (Wildman–Crippen LogP) is 0.774. The van der Waals surface area contributed by atoms with Gasteiger partial charge >= 0.3 is 6.18 Å².